The summed E-state index contributed by atoms with van der Waals surface area (Å²) in [5.74, 6) is 1.09. The van der Waals surface area contributed by atoms with Crippen LogP contribution >= 0.6 is 0 Å². The van der Waals surface area contributed by atoms with Gasteiger partial charge in [0.05, 0.1) is 6.61 Å². The van der Waals surface area contributed by atoms with Gasteiger partial charge in [-0.05, 0) is 36.6 Å². The molecule has 0 unspecified atom stereocenters. The Hall–Kier alpha value is -1.39. The summed E-state index contributed by atoms with van der Waals surface area (Å²) in [6.45, 7) is 9.99. The zero-order valence-electron chi connectivity index (χ0n) is 13.6. The number of rotatable bonds is 6. The third-order valence-electron chi connectivity index (χ3n) is 3.67. The summed E-state index contributed by atoms with van der Waals surface area (Å²) < 4.78 is 5.20. The van der Waals surface area contributed by atoms with Gasteiger partial charge in [0.1, 0.15) is 5.82 Å². The molecule has 2 rings (SSSR count). The molecule has 0 spiro atoms. The third kappa shape index (κ3) is 4.83. The first-order chi connectivity index (χ1) is 10.1. The predicted molar refractivity (Wildman–Crippen MR) is 87.7 cm³/mol. The summed E-state index contributed by atoms with van der Waals surface area (Å²) in [5, 5.41) is 3.47. The minimum absolute atomic E-state index is 0.497. The zero-order chi connectivity index (χ0) is 15.2. The van der Waals surface area contributed by atoms with E-state index in [1.54, 1.807) is 7.11 Å². The highest BCUT2D eigenvalue weighted by atomic mass is 16.5. The highest BCUT2D eigenvalue weighted by Gasteiger charge is 2.14. The average molecular weight is 289 g/mol. The van der Waals surface area contributed by atoms with E-state index in [4.69, 9.17) is 9.72 Å². The number of aromatic nitrogens is 1. The van der Waals surface area contributed by atoms with Gasteiger partial charge in [0, 0.05) is 38.5 Å². The number of methoxy groups -OCH3 is 1. The van der Waals surface area contributed by atoms with E-state index < -0.39 is 0 Å². The Morgan fingerprint density at radius 2 is 2.19 bits per heavy atom. The van der Waals surface area contributed by atoms with Crippen molar-refractivity contribution in [2.45, 2.75) is 39.8 Å². The van der Waals surface area contributed by atoms with Gasteiger partial charge in [0.15, 0.2) is 0 Å². The summed E-state index contributed by atoms with van der Waals surface area (Å²) in [4.78, 5) is 7.03. The van der Waals surface area contributed by atoms with E-state index in [-0.39, 0.29) is 0 Å². The van der Waals surface area contributed by atoms with Crippen LogP contribution in [0.3, 0.4) is 0 Å². The molecule has 0 atom stereocenters. The molecule has 0 radical (unpaired) electrons. The molecule has 0 aromatic carbocycles. The molecule has 1 N–H and O–H groups in total. The first-order valence-corrected chi connectivity index (χ1v) is 7.71. The van der Waals surface area contributed by atoms with Crippen molar-refractivity contribution in [2.75, 3.05) is 31.7 Å². The smallest absolute Gasteiger partial charge is 0.129 e. The van der Waals surface area contributed by atoms with E-state index >= 15 is 0 Å². The fraction of sp³-hybridized carbons (Fsp3) is 0.588. The molecule has 1 aliphatic rings. The quantitative estimate of drug-likeness (QED) is 0.817. The minimum atomic E-state index is 0.497. The topological polar surface area (TPSA) is 37.4 Å². The molecular formula is C17H27N3O. The molecule has 0 saturated carbocycles. The third-order valence-corrected chi connectivity index (χ3v) is 3.67. The highest BCUT2D eigenvalue weighted by Crippen LogP contribution is 2.20. The van der Waals surface area contributed by atoms with Gasteiger partial charge in [0.25, 0.3) is 0 Å². The fourth-order valence-corrected chi connectivity index (χ4v) is 2.54. The standard InChI is InChI=1S/C17H27N3O/c1-13(2)18-11-16-9-14(3)19-17(10-16)20-7-5-15(6-8-20)12-21-4/h5,9-10,13,18H,6-8,11-12H2,1-4H3. The van der Waals surface area contributed by atoms with Crippen LogP contribution in [0.2, 0.25) is 0 Å². The second-order valence-corrected chi connectivity index (χ2v) is 6.00. The Balaban J connectivity index is 2.06. The number of hydrogen-bond acceptors (Lipinski definition) is 4. The van der Waals surface area contributed by atoms with Crippen molar-refractivity contribution in [3.8, 4) is 0 Å². The van der Waals surface area contributed by atoms with Crippen LogP contribution in [0, 0.1) is 6.92 Å². The lowest BCUT2D eigenvalue weighted by atomic mass is 10.1. The molecular weight excluding hydrogens is 262 g/mol. The predicted octanol–water partition coefficient (Wildman–Crippen LogP) is 2.67. The molecule has 4 nitrogen and oxygen atoms in total. The molecule has 0 amide bonds. The van der Waals surface area contributed by atoms with Crippen LogP contribution < -0.4 is 10.2 Å². The van der Waals surface area contributed by atoms with Gasteiger partial charge in [0.2, 0.25) is 0 Å². The number of hydrogen-bond donors (Lipinski definition) is 1. The monoisotopic (exact) mass is 289 g/mol. The van der Waals surface area contributed by atoms with Gasteiger partial charge in [-0.25, -0.2) is 4.98 Å². The second-order valence-electron chi connectivity index (χ2n) is 6.00. The van der Waals surface area contributed by atoms with Crippen molar-refractivity contribution < 1.29 is 4.74 Å². The summed E-state index contributed by atoms with van der Waals surface area (Å²) in [6.07, 6.45) is 3.33. The summed E-state index contributed by atoms with van der Waals surface area (Å²) in [7, 11) is 1.75. The average Bonchev–Trinajstić information content (AvgIpc) is 2.46. The highest BCUT2D eigenvalue weighted by molar-refractivity contribution is 5.44. The Labute approximate surface area is 128 Å². The molecule has 1 aromatic heterocycles. The first-order valence-electron chi connectivity index (χ1n) is 7.71. The molecule has 0 bridgehead atoms. The van der Waals surface area contributed by atoms with Crippen molar-refractivity contribution in [1.82, 2.24) is 10.3 Å². The maximum atomic E-state index is 5.20. The number of pyridine rings is 1. The van der Waals surface area contributed by atoms with Crippen molar-refractivity contribution in [2.24, 2.45) is 0 Å². The Kier molecular flexibility index (Phi) is 5.76. The van der Waals surface area contributed by atoms with Crippen LogP contribution in [0.25, 0.3) is 0 Å². The van der Waals surface area contributed by atoms with Gasteiger partial charge in [-0.15, -0.1) is 0 Å². The number of nitrogens with one attached hydrogen (secondary N) is 1. The minimum Gasteiger partial charge on any atom is -0.380 e. The molecule has 0 fully saturated rings. The Morgan fingerprint density at radius 3 is 2.81 bits per heavy atom. The maximum absolute atomic E-state index is 5.20. The number of anilines is 1. The molecule has 0 aliphatic carbocycles. The second kappa shape index (κ2) is 7.57. The molecule has 116 valence electrons. The Morgan fingerprint density at radius 1 is 1.38 bits per heavy atom. The summed E-state index contributed by atoms with van der Waals surface area (Å²) in [6, 6.07) is 4.86. The lowest BCUT2D eigenvalue weighted by molar-refractivity contribution is 0.222. The number of nitrogens with zero attached hydrogens (tertiary/aromatic N) is 2. The SMILES string of the molecule is COCC1=CCN(c2cc(CNC(C)C)cc(C)n2)CC1. The van der Waals surface area contributed by atoms with E-state index in [2.05, 4.69) is 49.2 Å². The number of aryl methyl sites for hydroxylation is 1. The van der Waals surface area contributed by atoms with Crippen LogP contribution in [-0.4, -0.2) is 37.8 Å². The molecule has 21 heavy (non-hydrogen) atoms. The first kappa shape index (κ1) is 16.0. The van der Waals surface area contributed by atoms with Crippen LogP contribution in [0.1, 0.15) is 31.5 Å². The summed E-state index contributed by atoms with van der Waals surface area (Å²) >= 11 is 0. The van der Waals surface area contributed by atoms with E-state index in [1.165, 1.54) is 11.1 Å². The molecule has 4 heteroatoms. The lowest BCUT2D eigenvalue weighted by Gasteiger charge is -2.28. The van der Waals surface area contributed by atoms with Crippen molar-refractivity contribution in [3.05, 3.63) is 35.0 Å². The van der Waals surface area contributed by atoms with Crippen LogP contribution in [0.5, 0.6) is 0 Å². The van der Waals surface area contributed by atoms with Crippen molar-refractivity contribution in [1.29, 1.82) is 0 Å². The maximum Gasteiger partial charge on any atom is 0.129 e. The van der Waals surface area contributed by atoms with Crippen LogP contribution in [0.15, 0.2) is 23.8 Å². The van der Waals surface area contributed by atoms with E-state index in [0.29, 0.717) is 6.04 Å². The normalized spacial score (nSPS) is 15.5. The van der Waals surface area contributed by atoms with Gasteiger partial charge >= 0.3 is 0 Å². The fourth-order valence-electron chi connectivity index (χ4n) is 2.54. The van der Waals surface area contributed by atoms with Gasteiger partial charge in [-0.2, -0.15) is 0 Å². The van der Waals surface area contributed by atoms with Gasteiger partial charge in [-0.1, -0.05) is 19.9 Å². The largest absolute Gasteiger partial charge is 0.380 e. The van der Waals surface area contributed by atoms with E-state index in [0.717, 1.165) is 44.2 Å². The van der Waals surface area contributed by atoms with Crippen molar-refractivity contribution in [3.63, 3.8) is 0 Å². The molecule has 0 saturated heterocycles. The molecule has 1 aromatic rings. The Bertz CT molecular complexity index is 497. The number of ether oxygens (including phenoxy) is 1. The van der Waals surface area contributed by atoms with Gasteiger partial charge < -0.3 is 15.0 Å². The van der Waals surface area contributed by atoms with Crippen LogP contribution in [0.4, 0.5) is 5.82 Å². The molecule has 2 heterocycles. The van der Waals surface area contributed by atoms with Crippen LogP contribution in [-0.2, 0) is 11.3 Å². The summed E-state index contributed by atoms with van der Waals surface area (Å²) in [5.41, 5.74) is 3.78. The molecule has 1 aliphatic heterocycles. The van der Waals surface area contributed by atoms with Gasteiger partial charge in [-0.3, -0.25) is 0 Å². The van der Waals surface area contributed by atoms with Crippen molar-refractivity contribution >= 4 is 5.82 Å². The van der Waals surface area contributed by atoms with E-state index in [1.807, 2.05) is 0 Å². The zero-order valence-corrected chi connectivity index (χ0v) is 13.6. The van der Waals surface area contributed by atoms with E-state index in [9.17, 15) is 0 Å². The lowest BCUT2D eigenvalue weighted by Crippen LogP contribution is -2.30.